The molecule has 0 aliphatic rings. The third-order valence-corrected chi connectivity index (χ3v) is 3.82. The molecule has 1 heterocycles. The summed E-state index contributed by atoms with van der Waals surface area (Å²) in [5.41, 5.74) is 3.91. The van der Waals surface area contributed by atoms with Crippen LogP contribution in [0, 0.1) is 12.7 Å². The van der Waals surface area contributed by atoms with Gasteiger partial charge in [-0.3, -0.25) is 4.79 Å². The van der Waals surface area contributed by atoms with Gasteiger partial charge in [-0.2, -0.15) is 0 Å². The summed E-state index contributed by atoms with van der Waals surface area (Å²) in [6.07, 6.45) is 1.61. The highest BCUT2D eigenvalue weighted by Gasteiger charge is 2.08. The molecule has 25 heavy (non-hydrogen) atoms. The second-order valence-electron chi connectivity index (χ2n) is 5.68. The number of hydrogen-bond acceptors (Lipinski definition) is 3. The Kier molecular flexibility index (Phi) is 5.04. The monoisotopic (exact) mass is 335 g/mol. The zero-order chi connectivity index (χ0) is 17.6. The Labute approximate surface area is 145 Å². The topological polar surface area (TPSA) is 54.0 Å². The molecule has 0 aliphatic carbocycles. The van der Waals surface area contributed by atoms with E-state index < -0.39 is 5.82 Å². The van der Waals surface area contributed by atoms with Gasteiger partial charge in [0.05, 0.1) is 11.9 Å². The molecule has 1 amide bonds. The van der Waals surface area contributed by atoms with Crippen LogP contribution in [0.2, 0.25) is 0 Å². The normalized spacial score (nSPS) is 10.3. The van der Waals surface area contributed by atoms with E-state index in [0.717, 1.165) is 5.69 Å². The van der Waals surface area contributed by atoms with Crippen molar-refractivity contribution in [2.45, 2.75) is 13.5 Å². The second kappa shape index (κ2) is 7.57. The van der Waals surface area contributed by atoms with E-state index in [2.05, 4.69) is 34.7 Å². The fourth-order valence-electron chi connectivity index (χ4n) is 2.40. The van der Waals surface area contributed by atoms with E-state index in [4.69, 9.17) is 0 Å². The van der Waals surface area contributed by atoms with Crippen LogP contribution in [0.5, 0.6) is 0 Å². The molecule has 5 heteroatoms. The van der Waals surface area contributed by atoms with Gasteiger partial charge in [0, 0.05) is 12.2 Å². The van der Waals surface area contributed by atoms with Crippen molar-refractivity contribution in [2.75, 3.05) is 10.6 Å². The first-order chi connectivity index (χ1) is 12.1. The molecule has 0 spiro atoms. The summed E-state index contributed by atoms with van der Waals surface area (Å²) in [5.74, 6) is -0.780. The van der Waals surface area contributed by atoms with Gasteiger partial charge in [-0.15, -0.1) is 0 Å². The smallest absolute Gasteiger partial charge is 0.274 e. The molecular weight excluding hydrogens is 317 g/mol. The zero-order valence-corrected chi connectivity index (χ0v) is 13.8. The van der Waals surface area contributed by atoms with Gasteiger partial charge in [0.15, 0.2) is 0 Å². The Hall–Kier alpha value is -3.21. The van der Waals surface area contributed by atoms with E-state index in [1.54, 1.807) is 24.4 Å². The number of halogens is 1. The van der Waals surface area contributed by atoms with E-state index in [1.807, 2.05) is 12.1 Å². The number of carbonyl (C=O) groups excluding carboxylic acids is 1. The van der Waals surface area contributed by atoms with Gasteiger partial charge in [-0.05, 0) is 48.4 Å². The fraction of sp³-hybridized carbons (Fsp3) is 0.100. The predicted octanol–water partition coefficient (Wildman–Crippen LogP) is 4.39. The number of amides is 1. The van der Waals surface area contributed by atoms with Crippen molar-refractivity contribution in [1.29, 1.82) is 0 Å². The van der Waals surface area contributed by atoms with Crippen LogP contribution in [-0.4, -0.2) is 10.9 Å². The molecule has 126 valence electrons. The van der Waals surface area contributed by atoms with Crippen molar-refractivity contribution >= 4 is 17.3 Å². The van der Waals surface area contributed by atoms with Crippen molar-refractivity contribution in [2.24, 2.45) is 0 Å². The maximum absolute atomic E-state index is 13.2. The Morgan fingerprint density at radius 1 is 1.04 bits per heavy atom. The number of aryl methyl sites for hydroxylation is 1. The molecule has 0 saturated heterocycles. The molecule has 2 N–H and O–H groups in total. The van der Waals surface area contributed by atoms with Gasteiger partial charge in [0.25, 0.3) is 5.91 Å². The fourth-order valence-corrected chi connectivity index (χ4v) is 2.40. The maximum Gasteiger partial charge on any atom is 0.274 e. The van der Waals surface area contributed by atoms with Crippen molar-refractivity contribution in [3.63, 3.8) is 0 Å². The molecule has 1 aromatic heterocycles. The molecular formula is C20H18FN3O. The average Bonchev–Trinajstić information content (AvgIpc) is 2.61. The van der Waals surface area contributed by atoms with Crippen LogP contribution in [0.3, 0.4) is 0 Å². The molecule has 3 rings (SSSR count). The first kappa shape index (κ1) is 16.6. The molecule has 0 saturated carbocycles. The summed E-state index contributed by atoms with van der Waals surface area (Å²) >= 11 is 0. The minimum Gasteiger partial charge on any atom is -0.380 e. The third kappa shape index (κ3) is 4.41. The molecule has 4 nitrogen and oxygen atoms in total. The van der Waals surface area contributed by atoms with Gasteiger partial charge in [0.2, 0.25) is 0 Å². The lowest BCUT2D eigenvalue weighted by atomic mass is 10.1. The second-order valence-corrected chi connectivity index (χ2v) is 5.68. The van der Waals surface area contributed by atoms with Crippen LogP contribution in [0.1, 0.15) is 21.6 Å². The highest BCUT2D eigenvalue weighted by molar-refractivity contribution is 6.02. The number of nitrogens with one attached hydrogen (secondary N) is 2. The van der Waals surface area contributed by atoms with Crippen molar-refractivity contribution in [3.05, 3.63) is 89.5 Å². The Balaban J connectivity index is 1.61. The molecule has 0 unspecified atom stereocenters. The highest BCUT2D eigenvalue weighted by atomic mass is 19.1. The van der Waals surface area contributed by atoms with Gasteiger partial charge >= 0.3 is 0 Å². The molecule has 3 aromatic rings. The largest absolute Gasteiger partial charge is 0.380 e. The van der Waals surface area contributed by atoms with Crippen LogP contribution in [0.4, 0.5) is 15.8 Å². The number of benzene rings is 2. The Bertz CT molecular complexity index is 878. The van der Waals surface area contributed by atoms with Crippen LogP contribution < -0.4 is 10.6 Å². The summed E-state index contributed by atoms with van der Waals surface area (Å²) in [4.78, 5) is 16.3. The molecule has 0 bridgehead atoms. The Morgan fingerprint density at radius 2 is 1.88 bits per heavy atom. The number of anilines is 2. The zero-order valence-electron chi connectivity index (χ0n) is 13.8. The molecule has 0 fully saturated rings. The minimum atomic E-state index is -0.401. The van der Waals surface area contributed by atoms with Crippen molar-refractivity contribution < 1.29 is 9.18 Å². The number of hydrogen-bond donors (Lipinski definition) is 2. The molecule has 0 radical (unpaired) electrons. The summed E-state index contributed by atoms with van der Waals surface area (Å²) < 4.78 is 13.2. The van der Waals surface area contributed by atoms with Gasteiger partial charge in [-0.25, -0.2) is 9.37 Å². The van der Waals surface area contributed by atoms with Crippen LogP contribution in [0.15, 0.2) is 66.9 Å². The van der Waals surface area contributed by atoms with Crippen LogP contribution >= 0.6 is 0 Å². The van der Waals surface area contributed by atoms with Crippen molar-refractivity contribution in [3.8, 4) is 0 Å². The lowest BCUT2D eigenvalue weighted by Gasteiger charge is -2.09. The van der Waals surface area contributed by atoms with Gasteiger partial charge < -0.3 is 10.6 Å². The molecule has 0 aliphatic heterocycles. The standard InChI is InChI=1S/C20H18FN3O/c1-14-5-2-3-6-15(14)12-22-18-9-10-19(23-13-18)20(25)24-17-8-4-7-16(21)11-17/h2-11,13,22H,12H2,1H3,(H,24,25). The first-order valence-corrected chi connectivity index (χ1v) is 7.93. The average molecular weight is 335 g/mol. The molecule has 2 aromatic carbocycles. The van der Waals surface area contributed by atoms with Gasteiger partial charge in [0.1, 0.15) is 11.5 Å². The lowest BCUT2D eigenvalue weighted by molar-refractivity contribution is 0.102. The third-order valence-electron chi connectivity index (χ3n) is 3.82. The number of pyridine rings is 1. The van der Waals surface area contributed by atoms with Crippen molar-refractivity contribution in [1.82, 2.24) is 4.98 Å². The maximum atomic E-state index is 13.2. The minimum absolute atomic E-state index is 0.269. The summed E-state index contributed by atoms with van der Waals surface area (Å²) in [6.45, 7) is 2.75. The van der Waals surface area contributed by atoms with E-state index in [0.29, 0.717) is 12.2 Å². The highest BCUT2D eigenvalue weighted by Crippen LogP contribution is 2.14. The number of carbonyl (C=O) groups is 1. The lowest BCUT2D eigenvalue weighted by Crippen LogP contribution is -2.13. The van der Waals surface area contributed by atoms with Gasteiger partial charge in [-0.1, -0.05) is 30.3 Å². The summed E-state index contributed by atoms with van der Waals surface area (Å²) in [6, 6.07) is 17.3. The number of nitrogens with zero attached hydrogens (tertiary/aromatic N) is 1. The van der Waals surface area contributed by atoms with Crippen LogP contribution in [0.25, 0.3) is 0 Å². The van der Waals surface area contributed by atoms with E-state index in [9.17, 15) is 9.18 Å². The number of rotatable bonds is 5. The number of aromatic nitrogens is 1. The summed E-state index contributed by atoms with van der Waals surface area (Å²) in [5, 5.41) is 5.90. The Morgan fingerprint density at radius 3 is 2.60 bits per heavy atom. The van der Waals surface area contributed by atoms with E-state index in [1.165, 1.54) is 29.3 Å². The molecule has 0 atom stereocenters. The first-order valence-electron chi connectivity index (χ1n) is 7.93. The van der Waals surface area contributed by atoms with E-state index >= 15 is 0 Å². The van der Waals surface area contributed by atoms with Crippen LogP contribution in [-0.2, 0) is 6.54 Å². The SMILES string of the molecule is Cc1ccccc1CNc1ccc(C(=O)Nc2cccc(F)c2)nc1. The van der Waals surface area contributed by atoms with E-state index in [-0.39, 0.29) is 11.6 Å². The quantitative estimate of drug-likeness (QED) is 0.727. The predicted molar refractivity (Wildman–Crippen MR) is 97.1 cm³/mol. The summed E-state index contributed by atoms with van der Waals surface area (Å²) in [7, 11) is 0.